The van der Waals surface area contributed by atoms with Crippen molar-refractivity contribution in [2.45, 2.75) is 6.36 Å². The zero-order valence-corrected chi connectivity index (χ0v) is 6.10. The summed E-state index contributed by atoms with van der Waals surface area (Å²) in [6, 6.07) is 0. The summed E-state index contributed by atoms with van der Waals surface area (Å²) in [5, 5.41) is 0. The Labute approximate surface area is 61.5 Å². The van der Waals surface area contributed by atoms with Crippen molar-refractivity contribution < 1.29 is 32.2 Å². The Bertz CT molecular complexity index is 105. The molecule has 0 bridgehead atoms. The fraction of sp³-hybridized carbons (Fsp3) is 1.00. The first-order valence-corrected chi connectivity index (χ1v) is 3.60. The molecule has 0 aliphatic carbocycles. The maximum atomic E-state index is 11.2. The Morgan fingerprint density at radius 2 is 1.73 bits per heavy atom. The van der Waals surface area contributed by atoms with E-state index in [0.29, 0.717) is 0 Å². The second kappa shape index (κ2) is 4.84. The summed E-state index contributed by atoms with van der Waals surface area (Å²) in [5.41, 5.74) is 0. The van der Waals surface area contributed by atoms with Gasteiger partial charge in [0, 0.05) is 0 Å². The van der Waals surface area contributed by atoms with Crippen molar-refractivity contribution in [3.05, 3.63) is 0 Å². The quantitative estimate of drug-likeness (QED) is 0.512. The predicted octanol–water partition coefficient (Wildman–Crippen LogP) is 0.751. The lowest BCUT2D eigenvalue weighted by Crippen LogP contribution is -2.16. The van der Waals surface area contributed by atoms with Gasteiger partial charge in [0.1, 0.15) is 0 Å². The van der Waals surface area contributed by atoms with Gasteiger partial charge in [0.05, 0.1) is 13.2 Å². The van der Waals surface area contributed by atoms with Gasteiger partial charge >= 0.3 is 15.0 Å². The molecule has 11 heavy (non-hydrogen) atoms. The van der Waals surface area contributed by atoms with Gasteiger partial charge in [-0.05, 0) is 0 Å². The second-order valence-corrected chi connectivity index (χ2v) is 2.14. The van der Waals surface area contributed by atoms with Gasteiger partial charge in [0.25, 0.3) is 0 Å². The highest BCUT2D eigenvalue weighted by Gasteiger charge is 2.28. The van der Waals surface area contributed by atoms with Gasteiger partial charge in [-0.25, -0.2) is 0 Å². The summed E-state index contributed by atoms with van der Waals surface area (Å²) in [6.45, 7) is -1.25. The largest absolute Gasteiger partial charge is 0.522 e. The molecule has 0 radical (unpaired) electrons. The van der Waals surface area contributed by atoms with Crippen LogP contribution in [0.3, 0.4) is 0 Å². The zero-order chi connectivity index (χ0) is 8.91. The monoisotopic (exact) mass is 194 g/mol. The van der Waals surface area contributed by atoms with Gasteiger partial charge in [-0.3, -0.25) is 4.74 Å². The molecule has 0 aromatic rings. The SMILES string of the molecule is OP(O)OCCOC(F)(F)F. The van der Waals surface area contributed by atoms with Gasteiger partial charge in [-0.1, -0.05) is 0 Å². The van der Waals surface area contributed by atoms with E-state index in [-0.39, 0.29) is 0 Å². The molecule has 68 valence electrons. The normalized spacial score (nSPS) is 12.5. The Kier molecular flexibility index (Phi) is 4.87. The van der Waals surface area contributed by atoms with Crippen LogP contribution in [0.15, 0.2) is 0 Å². The molecule has 0 unspecified atom stereocenters. The number of hydrogen-bond donors (Lipinski definition) is 2. The van der Waals surface area contributed by atoms with Crippen LogP contribution in [-0.4, -0.2) is 29.4 Å². The molecular formula is C3H6F3O4P. The van der Waals surface area contributed by atoms with E-state index in [1.54, 1.807) is 0 Å². The fourth-order valence-corrected chi connectivity index (χ4v) is 0.514. The van der Waals surface area contributed by atoms with Crippen LogP contribution in [-0.2, 0) is 9.26 Å². The summed E-state index contributed by atoms with van der Waals surface area (Å²) < 4.78 is 40.8. The molecule has 0 atom stereocenters. The molecule has 0 fully saturated rings. The van der Waals surface area contributed by atoms with Crippen LogP contribution < -0.4 is 0 Å². The molecule has 8 heteroatoms. The Hall–Kier alpha value is 0.0600. The van der Waals surface area contributed by atoms with E-state index in [1.807, 2.05) is 0 Å². The molecule has 0 aliphatic rings. The van der Waals surface area contributed by atoms with E-state index in [2.05, 4.69) is 9.26 Å². The van der Waals surface area contributed by atoms with Gasteiger partial charge in [0.2, 0.25) is 0 Å². The number of alkyl halides is 3. The molecule has 0 aromatic carbocycles. The van der Waals surface area contributed by atoms with Crippen molar-refractivity contribution in [3.63, 3.8) is 0 Å². The van der Waals surface area contributed by atoms with Crippen LogP contribution in [0.25, 0.3) is 0 Å². The van der Waals surface area contributed by atoms with E-state index in [4.69, 9.17) is 9.79 Å². The molecule has 0 saturated carbocycles. The lowest BCUT2D eigenvalue weighted by molar-refractivity contribution is -0.325. The third kappa shape index (κ3) is 10.1. The van der Waals surface area contributed by atoms with Crippen LogP contribution in [0.5, 0.6) is 0 Å². The van der Waals surface area contributed by atoms with Gasteiger partial charge in [0.15, 0.2) is 0 Å². The molecule has 0 saturated heterocycles. The van der Waals surface area contributed by atoms with Crippen LogP contribution >= 0.6 is 8.60 Å². The lowest BCUT2D eigenvalue weighted by atomic mass is 10.8. The molecule has 0 heterocycles. The van der Waals surface area contributed by atoms with E-state index in [0.717, 1.165) is 0 Å². The Balaban J connectivity index is 3.15. The predicted molar refractivity (Wildman–Crippen MR) is 29.3 cm³/mol. The van der Waals surface area contributed by atoms with Crippen molar-refractivity contribution in [1.29, 1.82) is 0 Å². The lowest BCUT2D eigenvalue weighted by Gasteiger charge is -2.07. The maximum absolute atomic E-state index is 11.2. The summed E-state index contributed by atoms with van der Waals surface area (Å²) in [5.74, 6) is 0. The molecule has 0 aromatic heterocycles. The minimum atomic E-state index is -4.70. The molecule has 4 nitrogen and oxygen atoms in total. The van der Waals surface area contributed by atoms with Crippen molar-refractivity contribution in [3.8, 4) is 0 Å². The van der Waals surface area contributed by atoms with E-state index >= 15 is 0 Å². The first-order valence-electron chi connectivity index (χ1n) is 2.43. The third-order valence-electron chi connectivity index (χ3n) is 0.556. The van der Waals surface area contributed by atoms with Crippen LogP contribution in [0.4, 0.5) is 13.2 Å². The summed E-state index contributed by atoms with van der Waals surface area (Å²) >= 11 is 0. The average molecular weight is 194 g/mol. The summed E-state index contributed by atoms with van der Waals surface area (Å²) in [7, 11) is -2.60. The van der Waals surface area contributed by atoms with Crippen LogP contribution in [0.1, 0.15) is 0 Å². The summed E-state index contributed by atoms with van der Waals surface area (Å²) in [6.07, 6.45) is -4.70. The van der Waals surface area contributed by atoms with Crippen LogP contribution in [0, 0.1) is 0 Å². The standard InChI is InChI=1S/C3H6F3O4P/c4-3(5,6)9-1-2-10-11(7)8/h7-8H,1-2H2. The first kappa shape index (κ1) is 11.1. The molecule has 0 spiro atoms. The maximum Gasteiger partial charge on any atom is 0.522 e. The number of hydrogen-bond acceptors (Lipinski definition) is 4. The third-order valence-corrected chi connectivity index (χ3v) is 0.969. The molecule has 0 aliphatic heterocycles. The molecule has 2 N–H and O–H groups in total. The van der Waals surface area contributed by atoms with Crippen molar-refractivity contribution in [2.75, 3.05) is 13.2 Å². The fourth-order valence-electron chi connectivity index (χ4n) is 0.276. The highest BCUT2D eigenvalue weighted by Crippen LogP contribution is 2.24. The minimum absolute atomic E-state index is 0.502. The smallest absolute Gasteiger partial charge is 0.328 e. The zero-order valence-electron chi connectivity index (χ0n) is 5.21. The first-order chi connectivity index (χ1) is 4.92. The Morgan fingerprint density at radius 1 is 1.18 bits per heavy atom. The van der Waals surface area contributed by atoms with E-state index in [1.165, 1.54) is 0 Å². The van der Waals surface area contributed by atoms with E-state index in [9.17, 15) is 13.2 Å². The number of rotatable bonds is 4. The number of ether oxygens (including phenoxy) is 1. The second-order valence-electron chi connectivity index (χ2n) is 1.38. The topological polar surface area (TPSA) is 58.9 Å². The highest BCUT2D eigenvalue weighted by molar-refractivity contribution is 7.39. The van der Waals surface area contributed by atoms with Gasteiger partial charge < -0.3 is 14.3 Å². The molecule has 0 rings (SSSR count). The van der Waals surface area contributed by atoms with E-state index < -0.39 is 28.2 Å². The number of halogens is 3. The van der Waals surface area contributed by atoms with Crippen LogP contribution in [0.2, 0.25) is 0 Å². The Morgan fingerprint density at radius 3 is 2.09 bits per heavy atom. The summed E-state index contributed by atoms with van der Waals surface area (Å²) in [4.78, 5) is 16.1. The minimum Gasteiger partial charge on any atom is -0.328 e. The van der Waals surface area contributed by atoms with Gasteiger partial charge in [-0.2, -0.15) is 0 Å². The highest BCUT2D eigenvalue weighted by atomic mass is 31.2. The van der Waals surface area contributed by atoms with Gasteiger partial charge in [-0.15, -0.1) is 13.2 Å². The molecule has 0 amide bonds. The molecular weight excluding hydrogens is 188 g/mol. The average Bonchev–Trinajstić information content (AvgIpc) is 1.78. The van der Waals surface area contributed by atoms with Crippen molar-refractivity contribution in [1.82, 2.24) is 0 Å². The van der Waals surface area contributed by atoms with Crippen molar-refractivity contribution in [2.24, 2.45) is 0 Å². The van der Waals surface area contributed by atoms with Crippen molar-refractivity contribution >= 4 is 8.60 Å².